The van der Waals surface area contributed by atoms with Gasteiger partial charge in [-0.25, -0.2) is 0 Å². The quantitative estimate of drug-likeness (QED) is 0.849. The number of hydrogen-bond acceptors (Lipinski definition) is 3. The van der Waals surface area contributed by atoms with Gasteiger partial charge < -0.3 is 5.73 Å². The topological polar surface area (TPSA) is 29.3 Å². The standard InChI is InChI=1S/C17H30N2S/c1-11-8-19(9-12(2)20-11)17(10-18)15-4-13-3-14(6-15)7-16(17)5-13/h11-16H,3-10,18H2,1-2H3. The van der Waals surface area contributed by atoms with E-state index in [1.54, 1.807) is 0 Å². The van der Waals surface area contributed by atoms with Crippen LogP contribution in [0.15, 0.2) is 0 Å². The van der Waals surface area contributed by atoms with Gasteiger partial charge in [0, 0.05) is 35.7 Å². The second-order valence-corrected chi connectivity index (χ2v) is 10.0. The van der Waals surface area contributed by atoms with Crippen LogP contribution in [0.3, 0.4) is 0 Å². The number of nitrogens with zero attached hydrogens (tertiary/aromatic N) is 1. The van der Waals surface area contributed by atoms with E-state index in [1.165, 1.54) is 45.2 Å². The Bertz CT molecular complexity index is 345. The van der Waals surface area contributed by atoms with E-state index in [9.17, 15) is 0 Å². The summed E-state index contributed by atoms with van der Waals surface area (Å²) in [5, 5.41) is 1.55. The van der Waals surface area contributed by atoms with Gasteiger partial charge >= 0.3 is 0 Å². The average molecular weight is 295 g/mol. The minimum absolute atomic E-state index is 0.372. The molecule has 1 saturated heterocycles. The molecule has 0 aromatic heterocycles. The summed E-state index contributed by atoms with van der Waals surface area (Å²) in [6, 6.07) is 0. The zero-order valence-electron chi connectivity index (χ0n) is 13.1. The monoisotopic (exact) mass is 294 g/mol. The van der Waals surface area contributed by atoms with E-state index in [4.69, 9.17) is 5.73 Å². The van der Waals surface area contributed by atoms with E-state index in [2.05, 4.69) is 30.5 Å². The van der Waals surface area contributed by atoms with E-state index in [-0.39, 0.29) is 0 Å². The highest BCUT2D eigenvalue weighted by atomic mass is 32.2. The summed E-state index contributed by atoms with van der Waals surface area (Å²) in [5.74, 6) is 3.91. The van der Waals surface area contributed by atoms with E-state index < -0.39 is 0 Å². The molecule has 4 bridgehead atoms. The van der Waals surface area contributed by atoms with E-state index >= 15 is 0 Å². The van der Waals surface area contributed by atoms with Gasteiger partial charge in [-0.1, -0.05) is 13.8 Å². The van der Waals surface area contributed by atoms with E-state index in [0.29, 0.717) is 5.54 Å². The molecule has 20 heavy (non-hydrogen) atoms. The van der Waals surface area contributed by atoms with Gasteiger partial charge in [0.2, 0.25) is 0 Å². The summed E-state index contributed by atoms with van der Waals surface area (Å²) < 4.78 is 0. The number of nitrogens with two attached hydrogens (primary N) is 1. The molecule has 2 N–H and O–H groups in total. The normalized spacial score (nSPS) is 55.4. The van der Waals surface area contributed by atoms with Crippen LogP contribution in [0.5, 0.6) is 0 Å². The minimum atomic E-state index is 0.372. The van der Waals surface area contributed by atoms with Crippen molar-refractivity contribution in [1.82, 2.24) is 4.90 Å². The van der Waals surface area contributed by atoms with Crippen molar-refractivity contribution in [2.24, 2.45) is 29.4 Å². The van der Waals surface area contributed by atoms with Crippen LogP contribution in [0, 0.1) is 23.7 Å². The Morgan fingerprint density at radius 2 is 1.45 bits per heavy atom. The highest BCUT2D eigenvalue weighted by molar-refractivity contribution is 8.00. The van der Waals surface area contributed by atoms with Gasteiger partial charge in [0.05, 0.1) is 0 Å². The van der Waals surface area contributed by atoms with Crippen LogP contribution < -0.4 is 5.73 Å². The van der Waals surface area contributed by atoms with Crippen molar-refractivity contribution in [3.63, 3.8) is 0 Å². The summed E-state index contributed by atoms with van der Waals surface area (Å²) >= 11 is 2.17. The van der Waals surface area contributed by atoms with Crippen LogP contribution in [0.4, 0.5) is 0 Å². The van der Waals surface area contributed by atoms with Crippen LogP contribution >= 0.6 is 11.8 Å². The molecule has 5 rings (SSSR count). The second kappa shape index (κ2) is 4.89. The molecular weight excluding hydrogens is 264 g/mol. The van der Waals surface area contributed by atoms with E-state index in [1.807, 2.05) is 0 Å². The maximum absolute atomic E-state index is 6.46. The SMILES string of the molecule is CC1CN(C2(CN)C3CC4CC(C3)CC2C4)CC(C)S1. The molecule has 1 heterocycles. The van der Waals surface area contributed by atoms with Gasteiger partial charge in [-0.15, -0.1) is 0 Å². The van der Waals surface area contributed by atoms with Crippen molar-refractivity contribution in [2.45, 2.75) is 62.0 Å². The fourth-order valence-corrected chi connectivity index (χ4v) is 7.82. The largest absolute Gasteiger partial charge is 0.329 e. The molecular formula is C17H30N2S. The average Bonchev–Trinajstić information content (AvgIpc) is 2.37. The van der Waals surface area contributed by atoms with Crippen molar-refractivity contribution in [3.05, 3.63) is 0 Å². The molecule has 1 aliphatic heterocycles. The highest BCUT2D eigenvalue weighted by Gasteiger charge is 2.59. The van der Waals surface area contributed by atoms with Crippen molar-refractivity contribution >= 4 is 11.8 Å². The number of rotatable bonds is 2. The Morgan fingerprint density at radius 3 is 1.90 bits per heavy atom. The van der Waals surface area contributed by atoms with Crippen molar-refractivity contribution < 1.29 is 0 Å². The molecule has 0 amide bonds. The summed E-state index contributed by atoms with van der Waals surface area (Å²) in [4.78, 5) is 2.87. The zero-order chi connectivity index (χ0) is 13.9. The minimum Gasteiger partial charge on any atom is -0.329 e. The smallest absolute Gasteiger partial charge is 0.0389 e. The molecule has 0 aromatic carbocycles. The fraction of sp³-hybridized carbons (Fsp3) is 1.00. The molecule has 2 unspecified atom stereocenters. The number of hydrogen-bond donors (Lipinski definition) is 1. The summed E-state index contributed by atoms with van der Waals surface area (Å²) in [6.45, 7) is 8.27. The first-order valence-electron chi connectivity index (χ1n) is 8.72. The molecule has 2 atom stereocenters. The third-order valence-corrected chi connectivity index (χ3v) is 8.11. The molecule has 5 fully saturated rings. The molecule has 4 aliphatic carbocycles. The van der Waals surface area contributed by atoms with Gasteiger partial charge in [0.25, 0.3) is 0 Å². The first kappa shape index (κ1) is 13.9. The van der Waals surface area contributed by atoms with Gasteiger partial charge in [-0.3, -0.25) is 4.90 Å². The van der Waals surface area contributed by atoms with Gasteiger partial charge in [-0.05, 0) is 55.8 Å². The Morgan fingerprint density at radius 1 is 0.950 bits per heavy atom. The Kier molecular flexibility index (Phi) is 3.40. The molecule has 0 aromatic rings. The first-order chi connectivity index (χ1) is 9.61. The van der Waals surface area contributed by atoms with E-state index in [0.717, 1.165) is 40.7 Å². The third-order valence-electron chi connectivity index (χ3n) is 6.89. The third kappa shape index (κ3) is 1.92. The Labute approximate surface area is 128 Å². The van der Waals surface area contributed by atoms with Crippen LogP contribution in [0.2, 0.25) is 0 Å². The van der Waals surface area contributed by atoms with Crippen LogP contribution in [0.25, 0.3) is 0 Å². The first-order valence-corrected chi connectivity index (χ1v) is 9.66. The lowest BCUT2D eigenvalue weighted by molar-refractivity contribution is -0.131. The van der Waals surface area contributed by atoms with Crippen molar-refractivity contribution in [1.29, 1.82) is 0 Å². The Balaban J connectivity index is 1.65. The van der Waals surface area contributed by atoms with Crippen molar-refractivity contribution in [3.8, 4) is 0 Å². The predicted octanol–water partition coefficient (Wildman–Crippen LogP) is 2.97. The zero-order valence-corrected chi connectivity index (χ0v) is 13.9. The molecule has 114 valence electrons. The maximum atomic E-state index is 6.46. The molecule has 3 heteroatoms. The van der Waals surface area contributed by atoms with Gasteiger partial charge in [0.1, 0.15) is 0 Å². The van der Waals surface area contributed by atoms with Crippen LogP contribution in [0.1, 0.15) is 46.0 Å². The molecule has 5 aliphatic rings. The highest BCUT2D eigenvalue weighted by Crippen LogP contribution is 2.60. The maximum Gasteiger partial charge on any atom is 0.0389 e. The molecule has 4 saturated carbocycles. The molecule has 2 nitrogen and oxygen atoms in total. The van der Waals surface area contributed by atoms with Crippen LogP contribution in [-0.2, 0) is 0 Å². The lowest BCUT2D eigenvalue weighted by Crippen LogP contribution is -2.71. The molecule has 0 spiro atoms. The predicted molar refractivity (Wildman–Crippen MR) is 86.9 cm³/mol. The summed E-state index contributed by atoms with van der Waals surface area (Å²) in [6.07, 6.45) is 7.47. The van der Waals surface area contributed by atoms with Crippen LogP contribution in [-0.4, -0.2) is 40.6 Å². The number of thioether (sulfide) groups is 1. The van der Waals surface area contributed by atoms with Gasteiger partial charge in [-0.2, -0.15) is 11.8 Å². The summed E-state index contributed by atoms with van der Waals surface area (Å²) in [5.41, 5.74) is 6.83. The molecule has 0 radical (unpaired) electrons. The van der Waals surface area contributed by atoms with Gasteiger partial charge in [0.15, 0.2) is 0 Å². The lowest BCUT2D eigenvalue weighted by Gasteiger charge is -2.65. The lowest BCUT2D eigenvalue weighted by atomic mass is 9.48. The van der Waals surface area contributed by atoms with Crippen molar-refractivity contribution in [2.75, 3.05) is 19.6 Å². The Hall–Kier alpha value is 0.270. The summed E-state index contributed by atoms with van der Waals surface area (Å²) in [7, 11) is 0. The second-order valence-electron chi connectivity index (χ2n) is 8.16. The fourth-order valence-electron chi connectivity index (χ4n) is 6.50.